The largest absolute Gasteiger partial charge is 0.441 e. The zero-order valence-electron chi connectivity index (χ0n) is 15.9. The third-order valence-electron chi connectivity index (χ3n) is 5.16. The summed E-state index contributed by atoms with van der Waals surface area (Å²) in [5.74, 6) is -1.15. The van der Waals surface area contributed by atoms with Crippen molar-refractivity contribution in [3.63, 3.8) is 0 Å². The maximum absolute atomic E-state index is 13.6. The van der Waals surface area contributed by atoms with Gasteiger partial charge in [0, 0.05) is 30.0 Å². The molecule has 1 amide bonds. The molecule has 1 saturated heterocycles. The van der Waals surface area contributed by atoms with E-state index in [-0.39, 0.29) is 31.7 Å². The van der Waals surface area contributed by atoms with Gasteiger partial charge in [-0.25, -0.2) is 13.8 Å². The molecule has 2 atom stereocenters. The summed E-state index contributed by atoms with van der Waals surface area (Å²) in [5, 5.41) is 10.7. The van der Waals surface area contributed by atoms with Gasteiger partial charge in [-0.3, -0.25) is 4.79 Å². The molecule has 1 aromatic heterocycles. The van der Waals surface area contributed by atoms with Crippen molar-refractivity contribution >= 4 is 17.5 Å². The van der Waals surface area contributed by atoms with Crippen molar-refractivity contribution in [2.45, 2.75) is 31.4 Å². The first-order valence-electron chi connectivity index (χ1n) is 9.54. The lowest BCUT2D eigenvalue weighted by Crippen LogP contribution is -2.32. The van der Waals surface area contributed by atoms with Gasteiger partial charge in [0.2, 0.25) is 5.91 Å². The second-order valence-corrected chi connectivity index (χ2v) is 7.69. The number of halogens is 3. The number of β-amino-alcohol motifs (C(OH)–C–C–N with tert-alkyl or cyclic N) is 1. The second-order valence-electron chi connectivity index (χ2n) is 7.25. The van der Waals surface area contributed by atoms with Crippen LogP contribution in [-0.4, -0.2) is 33.5 Å². The number of oxazole rings is 1. The zero-order valence-corrected chi connectivity index (χ0v) is 16.6. The number of aryl methyl sites for hydroxylation is 1. The Hall–Kier alpha value is -2.77. The van der Waals surface area contributed by atoms with Crippen molar-refractivity contribution in [1.29, 1.82) is 0 Å². The minimum absolute atomic E-state index is 0.119. The number of likely N-dealkylation sites (tertiary alicyclic amines) is 1. The fraction of sp³-hybridized carbons (Fsp3) is 0.273. The van der Waals surface area contributed by atoms with E-state index < -0.39 is 23.8 Å². The van der Waals surface area contributed by atoms with Crippen molar-refractivity contribution < 1.29 is 23.1 Å². The van der Waals surface area contributed by atoms with Crippen LogP contribution < -0.4 is 0 Å². The molecule has 0 radical (unpaired) electrons. The highest BCUT2D eigenvalue weighted by molar-refractivity contribution is 6.30. The van der Waals surface area contributed by atoms with E-state index in [2.05, 4.69) is 4.98 Å². The molecule has 3 aromatic rings. The molecule has 2 aromatic carbocycles. The third-order valence-corrected chi connectivity index (χ3v) is 5.41. The van der Waals surface area contributed by atoms with Crippen LogP contribution in [0.2, 0.25) is 5.02 Å². The second kappa shape index (κ2) is 8.53. The normalized spacial score (nSPS) is 18.7. The Morgan fingerprint density at radius 1 is 1.20 bits per heavy atom. The standard InChI is InChI=1S/C22H19ClF2N2O3/c23-15-4-1-13(2-5-15)20-11-26-21(30-20)7-8-22(29)27-12-16(28)10-19(27)14-3-6-17(24)18(25)9-14/h1-6,9,11,16,19,28H,7-8,10,12H2/t16-,19-/m0/s1. The number of rotatable bonds is 5. The van der Waals surface area contributed by atoms with Gasteiger partial charge >= 0.3 is 0 Å². The molecule has 4 rings (SSSR count). The fourth-order valence-electron chi connectivity index (χ4n) is 3.66. The molecule has 1 aliphatic rings. The number of carbonyl (C=O) groups is 1. The van der Waals surface area contributed by atoms with E-state index in [1.165, 1.54) is 11.0 Å². The molecule has 1 N–H and O–H groups in total. The Labute approximate surface area is 176 Å². The Balaban J connectivity index is 1.42. The molecule has 0 unspecified atom stereocenters. The van der Waals surface area contributed by atoms with E-state index >= 15 is 0 Å². The third kappa shape index (κ3) is 4.37. The zero-order chi connectivity index (χ0) is 21.3. The lowest BCUT2D eigenvalue weighted by atomic mass is 10.0. The number of benzene rings is 2. The Morgan fingerprint density at radius 3 is 2.70 bits per heavy atom. The van der Waals surface area contributed by atoms with Gasteiger partial charge in [0.1, 0.15) is 0 Å². The van der Waals surface area contributed by atoms with Crippen LogP contribution in [0.1, 0.15) is 30.3 Å². The number of carbonyl (C=O) groups excluding carboxylic acids is 1. The van der Waals surface area contributed by atoms with E-state index in [0.29, 0.717) is 22.2 Å². The van der Waals surface area contributed by atoms with Crippen LogP contribution in [0.4, 0.5) is 8.78 Å². The predicted molar refractivity (Wildman–Crippen MR) is 107 cm³/mol. The number of aromatic nitrogens is 1. The highest BCUT2D eigenvalue weighted by Crippen LogP contribution is 2.33. The van der Waals surface area contributed by atoms with Gasteiger partial charge in [-0.15, -0.1) is 0 Å². The summed E-state index contributed by atoms with van der Waals surface area (Å²) >= 11 is 5.89. The van der Waals surface area contributed by atoms with Crippen LogP contribution in [0.15, 0.2) is 53.1 Å². The quantitative estimate of drug-likeness (QED) is 0.642. The molecule has 0 spiro atoms. The summed E-state index contributed by atoms with van der Waals surface area (Å²) in [6, 6.07) is 10.2. The number of hydrogen-bond donors (Lipinski definition) is 1. The SMILES string of the molecule is O=C(CCc1ncc(-c2ccc(Cl)cc2)o1)N1C[C@@H](O)C[C@H]1c1ccc(F)c(F)c1. The summed E-state index contributed by atoms with van der Waals surface area (Å²) < 4.78 is 32.6. The monoisotopic (exact) mass is 432 g/mol. The molecule has 1 fully saturated rings. The number of aliphatic hydroxyl groups excluding tert-OH is 1. The van der Waals surface area contributed by atoms with Crippen LogP contribution in [-0.2, 0) is 11.2 Å². The van der Waals surface area contributed by atoms with E-state index in [1.807, 2.05) is 12.1 Å². The van der Waals surface area contributed by atoms with Crippen molar-refractivity contribution in [2.24, 2.45) is 0 Å². The molecule has 8 heteroatoms. The molecular weight excluding hydrogens is 414 g/mol. The summed E-state index contributed by atoms with van der Waals surface area (Å²) in [6.45, 7) is 0.143. The molecule has 156 valence electrons. The molecule has 30 heavy (non-hydrogen) atoms. The lowest BCUT2D eigenvalue weighted by Gasteiger charge is -2.24. The van der Waals surface area contributed by atoms with Gasteiger partial charge in [-0.2, -0.15) is 0 Å². The van der Waals surface area contributed by atoms with Crippen LogP contribution in [0, 0.1) is 11.6 Å². The summed E-state index contributed by atoms with van der Waals surface area (Å²) in [4.78, 5) is 18.5. The lowest BCUT2D eigenvalue weighted by molar-refractivity contribution is -0.132. The van der Waals surface area contributed by atoms with E-state index in [9.17, 15) is 18.7 Å². The molecule has 1 aliphatic heterocycles. The maximum atomic E-state index is 13.6. The summed E-state index contributed by atoms with van der Waals surface area (Å²) in [5.41, 5.74) is 1.28. The number of amides is 1. The maximum Gasteiger partial charge on any atom is 0.223 e. The average Bonchev–Trinajstić information content (AvgIpc) is 3.36. The average molecular weight is 433 g/mol. The fourth-order valence-corrected chi connectivity index (χ4v) is 3.78. The van der Waals surface area contributed by atoms with Gasteiger partial charge in [0.05, 0.1) is 18.3 Å². The Bertz CT molecular complexity index is 1050. The molecule has 5 nitrogen and oxygen atoms in total. The minimum atomic E-state index is -0.976. The van der Waals surface area contributed by atoms with Crippen LogP contribution in [0.3, 0.4) is 0 Å². The van der Waals surface area contributed by atoms with Gasteiger partial charge in [0.15, 0.2) is 23.3 Å². The van der Waals surface area contributed by atoms with Gasteiger partial charge in [0.25, 0.3) is 0 Å². The number of nitrogens with zero attached hydrogens (tertiary/aromatic N) is 2. The van der Waals surface area contributed by atoms with Crippen LogP contribution in [0.25, 0.3) is 11.3 Å². The predicted octanol–water partition coefficient (Wildman–Crippen LogP) is 4.54. The van der Waals surface area contributed by atoms with Crippen molar-refractivity contribution in [3.8, 4) is 11.3 Å². The number of hydrogen-bond acceptors (Lipinski definition) is 4. The highest BCUT2D eigenvalue weighted by Gasteiger charge is 2.35. The van der Waals surface area contributed by atoms with Crippen molar-refractivity contribution in [1.82, 2.24) is 9.88 Å². The first kappa shape index (κ1) is 20.5. The molecule has 0 aliphatic carbocycles. The smallest absolute Gasteiger partial charge is 0.223 e. The summed E-state index contributed by atoms with van der Waals surface area (Å²) in [6.07, 6.45) is 1.55. The Kier molecular flexibility index (Phi) is 5.83. The van der Waals surface area contributed by atoms with Crippen molar-refractivity contribution in [3.05, 3.63) is 76.8 Å². The molecule has 0 bridgehead atoms. The molecule has 0 saturated carbocycles. The molecular formula is C22H19ClF2N2O3. The van der Waals surface area contributed by atoms with Gasteiger partial charge in [-0.1, -0.05) is 17.7 Å². The van der Waals surface area contributed by atoms with E-state index in [1.54, 1.807) is 18.3 Å². The first-order valence-corrected chi connectivity index (χ1v) is 9.91. The van der Waals surface area contributed by atoms with E-state index in [0.717, 1.165) is 17.7 Å². The number of aliphatic hydroxyl groups is 1. The van der Waals surface area contributed by atoms with Gasteiger partial charge < -0.3 is 14.4 Å². The first-order chi connectivity index (χ1) is 14.4. The highest BCUT2D eigenvalue weighted by atomic mass is 35.5. The Morgan fingerprint density at radius 2 is 1.97 bits per heavy atom. The van der Waals surface area contributed by atoms with Gasteiger partial charge in [-0.05, 0) is 48.4 Å². The van der Waals surface area contributed by atoms with Crippen LogP contribution in [0.5, 0.6) is 0 Å². The minimum Gasteiger partial charge on any atom is -0.441 e. The van der Waals surface area contributed by atoms with Crippen molar-refractivity contribution in [2.75, 3.05) is 6.54 Å². The molecule has 2 heterocycles. The van der Waals surface area contributed by atoms with Crippen LogP contribution >= 0.6 is 11.6 Å². The topological polar surface area (TPSA) is 66.6 Å². The summed E-state index contributed by atoms with van der Waals surface area (Å²) in [7, 11) is 0. The van der Waals surface area contributed by atoms with E-state index in [4.69, 9.17) is 16.0 Å².